The molecule has 7 nitrogen and oxygen atoms in total. The summed E-state index contributed by atoms with van der Waals surface area (Å²) in [6, 6.07) is 8.27. The van der Waals surface area contributed by atoms with Crippen molar-refractivity contribution in [3.63, 3.8) is 0 Å². The summed E-state index contributed by atoms with van der Waals surface area (Å²) in [5.41, 5.74) is 0.933. The molecular formula is C19H27N5O2S. The molecule has 1 N–H and O–H groups in total. The Morgan fingerprint density at radius 3 is 2.89 bits per heavy atom. The van der Waals surface area contributed by atoms with Crippen LogP contribution in [0.2, 0.25) is 0 Å². The lowest BCUT2D eigenvalue weighted by Crippen LogP contribution is -2.42. The molecule has 1 atom stereocenters. The Labute approximate surface area is 164 Å². The van der Waals surface area contributed by atoms with Gasteiger partial charge in [0.2, 0.25) is 5.91 Å². The highest BCUT2D eigenvalue weighted by molar-refractivity contribution is 7.99. The zero-order valence-corrected chi connectivity index (χ0v) is 16.7. The van der Waals surface area contributed by atoms with Crippen molar-refractivity contribution in [1.29, 1.82) is 0 Å². The second-order valence-corrected chi connectivity index (χ2v) is 7.64. The van der Waals surface area contributed by atoms with Crippen LogP contribution >= 0.6 is 11.8 Å². The van der Waals surface area contributed by atoms with Gasteiger partial charge in [0.1, 0.15) is 12.1 Å². The van der Waals surface area contributed by atoms with Gasteiger partial charge in [-0.2, -0.15) is 0 Å². The molecule has 0 bridgehead atoms. The molecule has 1 aromatic heterocycles. The fraction of sp³-hybridized carbons (Fsp3) is 0.526. The highest BCUT2D eigenvalue weighted by atomic mass is 32.2. The van der Waals surface area contributed by atoms with Crippen LogP contribution in [0.15, 0.2) is 35.7 Å². The lowest BCUT2D eigenvalue weighted by molar-refractivity contribution is -0.118. The fourth-order valence-corrected chi connectivity index (χ4v) is 4.01. The van der Waals surface area contributed by atoms with Gasteiger partial charge in [0, 0.05) is 24.8 Å². The predicted molar refractivity (Wildman–Crippen MR) is 107 cm³/mol. The second-order valence-electron chi connectivity index (χ2n) is 6.70. The van der Waals surface area contributed by atoms with Crippen LogP contribution in [0.4, 0.5) is 0 Å². The molecule has 3 rings (SSSR count). The van der Waals surface area contributed by atoms with Crippen molar-refractivity contribution in [2.45, 2.75) is 37.4 Å². The van der Waals surface area contributed by atoms with Crippen LogP contribution in [0, 0.1) is 0 Å². The largest absolute Gasteiger partial charge is 0.497 e. The van der Waals surface area contributed by atoms with E-state index in [0.29, 0.717) is 23.5 Å². The van der Waals surface area contributed by atoms with Crippen molar-refractivity contribution >= 4 is 17.7 Å². The van der Waals surface area contributed by atoms with Gasteiger partial charge >= 0.3 is 0 Å². The monoisotopic (exact) mass is 389 g/mol. The number of carbonyl (C=O) groups excluding carboxylic acids is 1. The summed E-state index contributed by atoms with van der Waals surface area (Å²) in [6.45, 7) is 5.01. The fourth-order valence-electron chi connectivity index (χ4n) is 3.25. The lowest BCUT2D eigenvalue weighted by Gasteiger charge is -2.33. The van der Waals surface area contributed by atoms with Gasteiger partial charge in [-0.3, -0.25) is 14.3 Å². The molecule has 0 spiro atoms. The first-order valence-corrected chi connectivity index (χ1v) is 10.3. The Morgan fingerprint density at radius 1 is 1.33 bits per heavy atom. The number of nitrogens with one attached hydrogen (secondary N) is 1. The molecule has 0 aliphatic carbocycles. The van der Waals surface area contributed by atoms with E-state index >= 15 is 0 Å². The zero-order valence-electron chi connectivity index (χ0n) is 15.9. The van der Waals surface area contributed by atoms with Crippen LogP contribution in [0.25, 0.3) is 5.69 Å². The minimum atomic E-state index is 0.0222. The van der Waals surface area contributed by atoms with Crippen LogP contribution in [0.3, 0.4) is 0 Å². The summed E-state index contributed by atoms with van der Waals surface area (Å²) in [7, 11) is 1.64. The molecular weight excluding hydrogens is 362 g/mol. The number of ether oxygens (including phenoxy) is 1. The van der Waals surface area contributed by atoms with E-state index < -0.39 is 0 Å². The van der Waals surface area contributed by atoms with Crippen LogP contribution in [-0.4, -0.2) is 64.1 Å². The quantitative estimate of drug-likeness (QED) is 0.699. The smallest absolute Gasteiger partial charge is 0.230 e. The molecule has 1 aromatic carbocycles. The van der Waals surface area contributed by atoms with Gasteiger partial charge in [-0.05, 0) is 50.6 Å². The standard InChI is InChI=1S/C19H27N5O2S/c1-15-5-3-4-11-23(15)12-10-20-18(25)13-27-19-22-21-14-24(19)16-6-8-17(26-2)9-7-16/h6-9,14-15H,3-5,10-13H2,1-2H3,(H,20,25). The molecule has 27 heavy (non-hydrogen) atoms. The van der Waals surface area contributed by atoms with Crippen LogP contribution in [0.5, 0.6) is 5.75 Å². The molecule has 1 fully saturated rings. The third-order valence-electron chi connectivity index (χ3n) is 4.86. The normalized spacial score (nSPS) is 17.6. The number of carbonyl (C=O) groups is 1. The first-order chi connectivity index (χ1) is 13.2. The van der Waals surface area contributed by atoms with Gasteiger partial charge < -0.3 is 10.1 Å². The number of thioether (sulfide) groups is 1. The maximum absolute atomic E-state index is 12.2. The number of amides is 1. The molecule has 1 aliphatic heterocycles. The average Bonchev–Trinajstić information content (AvgIpc) is 3.16. The van der Waals surface area contributed by atoms with Crippen molar-refractivity contribution in [1.82, 2.24) is 25.0 Å². The van der Waals surface area contributed by atoms with E-state index in [9.17, 15) is 4.79 Å². The Bertz CT molecular complexity index is 734. The number of rotatable bonds is 8. The van der Waals surface area contributed by atoms with Gasteiger partial charge in [-0.15, -0.1) is 10.2 Å². The van der Waals surface area contributed by atoms with Gasteiger partial charge in [-0.25, -0.2) is 0 Å². The second kappa shape index (κ2) is 9.75. The van der Waals surface area contributed by atoms with Gasteiger partial charge in [-0.1, -0.05) is 18.2 Å². The Kier molecular flexibility index (Phi) is 7.11. The number of aromatic nitrogens is 3. The van der Waals surface area contributed by atoms with Crippen LogP contribution in [-0.2, 0) is 4.79 Å². The molecule has 1 unspecified atom stereocenters. The number of benzene rings is 1. The Hall–Kier alpha value is -2.06. The third kappa shape index (κ3) is 5.46. The summed E-state index contributed by atoms with van der Waals surface area (Å²) < 4.78 is 7.05. The number of piperidine rings is 1. The summed E-state index contributed by atoms with van der Waals surface area (Å²) >= 11 is 1.39. The van der Waals surface area contributed by atoms with E-state index in [4.69, 9.17) is 4.74 Å². The van der Waals surface area contributed by atoms with E-state index in [-0.39, 0.29) is 5.91 Å². The van der Waals surface area contributed by atoms with E-state index in [1.54, 1.807) is 13.4 Å². The van der Waals surface area contributed by atoms with Crippen LogP contribution < -0.4 is 10.1 Å². The van der Waals surface area contributed by atoms with Crippen molar-refractivity contribution < 1.29 is 9.53 Å². The minimum absolute atomic E-state index is 0.0222. The zero-order chi connectivity index (χ0) is 19.1. The van der Waals surface area contributed by atoms with Crippen molar-refractivity contribution in [2.24, 2.45) is 0 Å². The Morgan fingerprint density at radius 2 is 2.15 bits per heavy atom. The molecule has 0 radical (unpaired) electrons. The number of hydrogen-bond donors (Lipinski definition) is 1. The number of hydrogen-bond acceptors (Lipinski definition) is 6. The topological polar surface area (TPSA) is 72.3 Å². The third-order valence-corrected chi connectivity index (χ3v) is 5.80. The molecule has 8 heteroatoms. The van der Waals surface area contributed by atoms with Crippen molar-refractivity contribution in [3.05, 3.63) is 30.6 Å². The molecule has 146 valence electrons. The number of methoxy groups -OCH3 is 1. The first kappa shape index (κ1) is 19.7. The summed E-state index contributed by atoms with van der Waals surface area (Å²) in [6.07, 6.45) is 5.48. The highest BCUT2D eigenvalue weighted by Crippen LogP contribution is 2.21. The maximum Gasteiger partial charge on any atom is 0.230 e. The average molecular weight is 390 g/mol. The van der Waals surface area contributed by atoms with E-state index in [1.165, 1.54) is 31.0 Å². The van der Waals surface area contributed by atoms with Crippen LogP contribution in [0.1, 0.15) is 26.2 Å². The Balaban J connectivity index is 1.46. The lowest BCUT2D eigenvalue weighted by atomic mass is 10.0. The van der Waals surface area contributed by atoms with Crippen molar-refractivity contribution in [2.75, 3.05) is 32.5 Å². The molecule has 1 aliphatic rings. The van der Waals surface area contributed by atoms with E-state index in [1.807, 2.05) is 28.8 Å². The van der Waals surface area contributed by atoms with Gasteiger partial charge in [0.05, 0.1) is 12.9 Å². The molecule has 1 saturated heterocycles. The molecule has 2 heterocycles. The van der Waals surface area contributed by atoms with Crippen molar-refractivity contribution in [3.8, 4) is 11.4 Å². The van der Waals surface area contributed by atoms with Gasteiger partial charge in [0.15, 0.2) is 5.16 Å². The maximum atomic E-state index is 12.2. The SMILES string of the molecule is COc1ccc(-n2cnnc2SCC(=O)NCCN2CCCCC2C)cc1. The molecule has 2 aromatic rings. The first-order valence-electron chi connectivity index (χ1n) is 9.35. The predicted octanol–water partition coefficient (Wildman–Crippen LogP) is 2.36. The summed E-state index contributed by atoms with van der Waals surface area (Å²) in [5.74, 6) is 1.14. The molecule has 0 saturated carbocycles. The molecule has 1 amide bonds. The number of nitrogens with zero attached hydrogens (tertiary/aromatic N) is 4. The number of likely N-dealkylation sites (tertiary alicyclic amines) is 1. The summed E-state index contributed by atoms with van der Waals surface area (Å²) in [4.78, 5) is 14.6. The van der Waals surface area contributed by atoms with Gasteiger partial charge in [0.25, 0.3) is 0 Å². The highest BCUT2D eigenvalue weighted by Gasteiger charge is 2.17. The minimum Gasteiger partial charge on any atom is -0.497 e. The van der Waals surface area contributed by atoms with E-state index in [0.717, 1.165) is 24.5 Å². The summed E-state index contributed by atoms with van der Waals surface area (Å²) in [5, 5.41) is 11.8. The van der Waals surface area contributed by atoms with E-state index in [2.05, 4.69) is 27.3 Å².